The van der Waals surface area contributed by atoms with Gasteiger partial charge in [0.15, 0.2) is 5.96 Å². The summed E-state index contributed by atoms with van der Waals surface area (Å²) >= 11 is 0. The van der Waals surface area contributed by atoms with E-state index in [1.54, 1.807) is 0 Å². The molecular formula is C18H30N4. The second kappa shape index (κ2) is 9.46. The van der Waals surface area contributed by atoms with Crippen molar-refractivity contribution in [3.05, 3.63) is 35.9 Å². The summed E-state index contributed by atoms with van der Waals surface area (Å²) in [5, 5.41) is 3.22. The lowest BCUT2D eigenvalue weighted by Gasteiger charge is -2.30. The molecule has 1 fully saturated rings. The first-order valence-corrected chi connectivity index (χ1v) is 8.58. The normalized spacial score (nSPS) is 17.6. The van der Waals surface area contributed by atoms with Crippen LogP contribution in [0.1, 0.15) is 31.7 Å². The predicted molar refractivity (Wildman–Crippen MR) is 94.1 cm³/mol. The summed E-state index contributed by atoms with van der Waals surface area (Å²) in [5.41, 5.74) is 7.28. The molecule has 0 radical (unpaired) electrons. The Bertz CT molecular complexity index is 436. The summed E-state index contributed by atoms with van der Waals surface area (Å²) < 4.78 is 0. The Kier molecular flexibility index (Phi) is 7.23. The van der Waals surface area contributed by atoms with Gasteiger partial charge in [0.1, 0.15) is 0 Å². The lowest BCUT2D eigenvalue weighted by molar-refractivity contribution is 0.188. The Labute approximate surface area is 134 Å². The van der Waals surface area contributed by atoms with Gasteiger partial charge in [-0.1, -0.05) is 37.3 Å². The van der Waals surface area contributed by atoms with Crippen molar-refractivity contribution in [2.75, 3.05) is 32.7 Å². The predicted octanol–water partition coefficient (Wildman–Crippen LogP) is 2.26. The third-order valence-electron chi connectivity index (χ3n) is 4.33. The standard InChI is InChI=1S/C18H30N4/c1-2-12-22-13-9-17(10-14-22)15-21-18(19)20-11-8-16-6-4-3-5-7-16/h3-7,17H,2,8-15H2,1H3,(H3,19,20,21). The molecule has 0 aromatic heterocycles. The van der Waals surface area contributed by atoms with Crippen molar-refractivity contribution < 1.29 is 0 Å². The van der Waals surface area contributed by atoms with E-state index in [2.05, 4.69) is 46.4 Å². The lowest BCUT2D eigenvalue weighted by Crippen LogP contribution is -2.36. The van der Waals surface area contributed by atoms with Crippen molar-refractivity contribution in [2.24, 2.45) is 16.6 Å². The van der Waals surface area contributed by atoms with E-state index in [0.29, 0.717) is 11.9 Å². The number of aliphatic imine (C=N–C) groups is 1. The molecule has 0 amide bonds. The molecule has 1 saturated heterocycles. The van der Waals surface area contributed by atoms with Crippen molar-refractivity contribution in [1.29, 1.82) is 0 Å². The van der Waals surface area contributed by atoms with Crippen LogP contribution in [0.4, 0.5) is 0 Å². The maximum absolute atomic E-state index is 5.96. The summed E-state index contributed by atoms with van der Waals surface area (Å²) in [5.74, 6) is 1.29. The van der Waals surface area contributed by atoms with Gasteiger partial charge in [-0.15, -0.1) is 0 Å². The average Bonchev–Trinajstić information content (AvgIpc) is 2.55. The van der Waals surface area contributed by atoms with E-state index in [-0.39, 0.29) is 0 Å². The molecule has 122 valence electrons. The lowest BCUT2D eigenvalue weighted by atomic mass is 9.97. The topological polar surface area (TPSA) is 53.6 Å². The first kappa shape index (κ1) is 16.8. The molecule has 22 heavy (non-hydrogen) atoms. The van der Waals surface area contributed by atoms with Gasteiger partial charge in [0, 0.05) is 13.1 Å². The van der Waals surface area contributed by atoms with E-state index in [9.17, 15) is 0 Å². The maximum Gasteiger partial charge on any atom is 0.188 e. The minimum atomic E-state index is 0.590. The van der Waals surface area contributed by atoms with Crippen molar-refractivity contribution in [3.63, 3.8) is 0 Å². The van der Waals surface area contributed by atoms with E-state index in [1.165, 1.54) is 44.5 Å². The van der Waals surface area contributed by atoms with Crippen LogP contribution in [0.15, 0.2) is 35.3 Å². The third kappa shape index (κ3) is 6.06. The number of hydrogen-bond acceptors (Lipinski definition) is 2. The number of guanidine groups is 1. The average molecular weight is 302 g/mol. The molecule has 0 saturated carbocycles. The van der Waals surface area contributed by atoms with Gasteiger partial charge < -0.3 is 16.0 Å². The molecule has 1 heterocycles. The number of nitrogens with one attached hydrogen (secondary N) is 1. The largest absolute Gasteiger partial charge is 0.370 e. The first-order valence-electron chi connectivity index (χ1n) is 8.58. The molecule has 3 N–H and O–H groups in total. The molecule has 2 rings (SSSR count). The molecule has 0 aliphatic carbocycles. The fourth-order valence-corrected chi connectivity index (χ4v) is 2.97. The number of rotatable bonds is 7. The molecule has 0 unspecified atom stereocenters. The van der Waals surface area contributed by atoms with Crippen LogP contribution >= 0.6 is 0 Å². The third-order valence-corrected chi connectivity index (χ3v) is 4.33. The minimum absolute atomic E-state index is 0.590. The molecule has 0 bridgehead atoms. The number of likely N-dealkylation sites (tertiary alicyclic amines) is 1. The molecule has 0 spiro atoms. The van der Waals surface area contributed by atoms with Gasteiger partial charge in [0.25, 0.3) is 0 Å². The number of hydrogen-bond donors (Lipinski definition) is 2. The summed E-state index contributed by atoms with van der Waals surface area (Å²) in [6.07, 6.45) is 4.73. The van der Waals surface area contributed by atoms with E-state index in [4.69, 9.17) is 5.73 Å². The van der Waals surface area contributed by atoms with Crippen LogP contribution in [0.25, 0.3) is 0 Å². The second-order valence-corrected chi connectivity index (χ2v) is 6.17. The molecule has 1 aromatic rings. The van der Waals surface area contributed by atoms with Crippen LogP contribution in [-0.4, -0.2) is 43.6 Å². The SMILES string of the molecule is CCCN1CCC(CN=C(N)NCCc2ccccc2)CC1. The van der Waals surface area contributed by atoms with Gasteiger partial charge in [-0.05, 0) is 56.8 Å². The number of benzene rings is 1. The Morgan fingerprint density at radius 3 is 2.68 bits per heavy atom. The molecule has 4 nitrogen and oxygen atoms in total. The quantitative estimate of drug-likeness (QED) is 0.600. The van der Waals surface area contributed by atoms with Crippen LogP contribution in [0, 0.1) is 5.92 Å². The Morgan fingerprint density at radius 2 is 2.00 bits per heavy atom. The van der Waals surface area contributed by atoms with Gasteiger partial charge >= 0.3 is 0 Å². The van der Waals surface area contributed by atoms with Gasteiger partial charge in [0.2, 0.25) is 0 Å². The highest BCUT2D eigenvalue weighted by Gasteiger charge is 2.17. The highest BCUT2D eigenvalue weighted by molar-refractivity contribution is 5.77. The summed E-state index contributed by atoms with van der Waals surface area (Å²) in [6.45, 7) is 7.63. The number of nitrogens with two attached hydrogens (primary N) is 1. The molecular weight excluding hydrogens is 272 g/mol. The monoisotopic (exact) mass is 302 g/mol. The zero-order chi connectivity index (χ0) is 15.6. The highest BCUT2D eigenvalue weighted by Crippen LogP contribution is 2.17. The number of piperidine rings is 1. The van der Waals surface area contributed by atoms with E-state index in [0.717, 1.165) is 19.5 Å². The van der Waals surface area contributed by atoms with Gasteiger partial charge in [-0.25, -0.2) is 0 Å². The van der Waals surface area contributed by atoms with Crippen molar-refractivity contribution >= 4 is 5.96 Å². The summed E-state index contributed by atoms with van der Waals surface area (Å²) in [4.78, 5) is 7.07. The van der Waals surface area contributed by atoms with E-state index in [1.807, 2.05) is 6.07 Å². The first-order chi connectivity index (χ1) is 10.8. The molecule has 1 aromatic carbocycles. The van der Waals surface area contributed by atoms with Crippen molar-refractivity contribution in [2.45, 2.75) is 32.6 Å². The Morgan fingerprint density at radius 1 is 1.27 bits per heavy atom. The summed E-state index contributed by atoms with van der Waals surface area (Å²) in [7, 11) is 0. The zero-order valence-electron chi connectivity index (χ0n) is 13.8. The Balaban J connectivity index is 1.61. The van der Waals surface area contributed by atoms with E-state index < -0.39 is 0 Å². The van der Waals surface area contributed by atoms with Crippen LogP contribution in [0.2, 0.25) is 0 Å². The smallest absolute Gasteiger partial charge is 0.188 e. The van der Waals surface area contributed by atoms with Crippen LogP contribution in [-0.2, 0) is 6.42 Å². The minimum Gasteiger partial charge on any atom is -0.370 e. The fourth-order valence-electron chi connectivity index (χ4n) is 2.97. The molecule has 1 aliphatic heterocycles. The number of nitrogens with zero attached hydrogens (tertiary/aromatic N) is 2. The highest BCUT2D eigenvalue weighted by atomic mass is 15.1. The van der Waals surface area contributed by atoms with Crippen LogP contribution < -0.4 is 11.1 Å². The van der Waals surface area contributed by atoms with Crippen LogP contribution in [0.3, 0.4) is 0 Å². The van der Waals surface area contributed by atoms with Gasteiger partial charge in [-0.3, -0.25) is 4.99 Å². The molecule has 0 atom stereocenters. The van der Waals surface area contributed by atoms with Crippen molar-refractivity contribution in [1.82, 2.24) is 10.2 Å². The van der Waals surface area contributed by atoms with Crippen molar-refractivity contribution in [3.8, 4) is 0 Å². The second-order valence-electron chi connectivity index (χ2n) is 6.17. The molecule has 4 heteroatoms. The van der Waals surface area contributed by atoms with E-state index >= 15 is 0 Å². The zero-order valence-corrected chi connectivity index (χ0v) is 13.8. The summed E-state index contributed by atoms with van der Waals surface area (Å²) in [6, 6.07) is 10.5. The van der Waals surface area contributed by atoms with Gasteiger partial charge in [-0.2, -0.15) is 0 Å². The Hall–Kier alpha value is -1.55. The molecule has 1 aliphatic rings. The van der Waals surface area contributed by atoms with Gasteiger partial charge in [0.05, 0.1) is 0 Å². The maximum atomic E-state index is 5.96. The van der Waals surface area contributed by atoms with Crippen LogP contribution in [0.5, 0.6) is 0 Å². The fraction of sp³-hybridized carbons (Fsp3) is 0.611.